The lowest BCUT2D eigenvalue weighted by molar-refractivity contribution is -0.158. The van der Waals surface area contributed by atoms with Crippen molar-refractivity contribution in [3.05, 3.63) is 59.7 Å². The second kappa shape index (κ2) is 8.86. The maximum absolute atomic E-state index is 13.1. The molecule has 0 saturated carbocycles. The Kier molecular flexibility index (Phi) is 6.28. The van der Waals surface area contributed by atoms with Crippen molar-refractivity contribution >= 4 is 17.6 Å². The summed E-state index contributed by atoms with van der Waals surface area (Å²) in [6.45, 7) is 1.18. The Morgan fingerprint density at radius 1 is 1.14 bits per heavy atom. The molecular formula is C21H23NO6. The van der Waals surface area contributed by atoms with Crippen molar-refractivity contribution < 1.29 is 28.9 Å². The first-order valence-electron chi connectivity index (χ1n) is 9.02. The average Bonchev–Trinajstić information content (AvgIpc) is 2.73. The molecule has 3 rings (SSSR count). The van der Waals surface area contributed by atoms with Gasteiger partial charge in [-0.25, -0.2) is 4.79 Å². The topological polar surface area (TPSA) is 94.1 Å². The molecule has 0 atom stereocenters. The predicted octanol–water partition coefficient (Wildman–Crippen LogP) is 3.10. The summed E-state index contributed by atoms with van der Waals surface area (Å²) < 4.78 is 16.6. The number of hydrogen-bond acceptors (Lipinski definition) is 5. The Morgan fingerprint density at radius 3 is 2.50 bits per heavy atom. The molecule has 7 nitrogen and oxygen atoms in total. The zero-order chi connectivity index (χ0) is 20.0. The molecule has 2 aromatic rings. The van der Waals surface area contributed by atoms with Crippen LogP contribution in [-0.2, 0) is 20.9 Å². The molecule has 1 aliphatic heterocycles. The summed E-state index contributed by atoms with van der Waals surface area (Å²) in [6.07, 6.45) is 0.881. The summed E-state index contributed by atoms with van der Waals surface area (Å²) in [7, 11) is 1.39. The summed E-state index contributed by atoms with van der Waals surface area (Å²) in [6, 6.07) is 14.1. The SMILES string of the molecule is COc1cc(NC(=O)C2(OCc3ccccc3)CCOCC2)ccc1C(=O)O. The number of ether oxygens (including phenoxy) is 3. The Bertz CT molecular complexity index is 830. The molecule has 1 heterocycles. The number of benzene rings is 2. The van der Waals surface area contributed by atoms with Crippen LogP contribution in [0, 0.1) is 0 Å². The van der Waals surface area contributed by atoms with E-state index in [2.05, 4.69) is 5.32 Å². The lowest BCUT2D eigenvalue weighted by atomic mass is 9.92. The van der Waals surface area contributed by atoms with Gasteiger partial charge in [0.2, 0.25) is 0 Å². The molecule has 0 unspecified atom stereocenters. The third kappa shape index (κ3) is 4.49. The Balaban J connectivity index is 1.77. The summed E-state index contributed by atoms with van der Waals surface area (Å²) in [5.41, 5.74) is 0.448. The molecule has 0 bridgehead atoms. The van der Waals surface area contributed by atoms with E-state index in [0.717, 1.165) is 5.56 Å². The number of carboxylic acids is 1. The number of rotatable bonds is 7. The van der Waals surface area contributed by atoms with Crippen LogP contribution in [0.5, 0.6) is 5.75 Å². The number of carboxylic acid groups (broad SMARTS) is 1. The van der Waals surface area contributed by atoms with Crippen molar-refractivity contribution in [2.24, 2.45) is 0 Å². The van der Waals surface area contributed by atoms with E-state index in [1.165, 1.54) is 25.3 Å². The van der Waals surface area contributed by atoms with Gasteiger partial charge in [-0.15, -0.1) is 0 Å². The van der Waals surface area contributed by atoms with Gasteiger partial charge in [-0.2, -0.15) is 0 Å². The minimum Gasteiger partial charge on any atom is -0.496 e. The lowest BCUT2D eigenvalue weighted by Crippen LogP contribution is -2.49. The zero-order valence-corrected chi connectivity index (χ0v) is 15.6. The van der Waals surface area contributed by atoms with Crippen LogP contribution in [0.4, 0.5) is 5.69 Å². The van der Waals surface area contributed by atoms with Gasteiger partial charge in [0.05, 0.1) is 13.7 Å². The van der Waals surface area contributed by atoms with E-state index in [0.29, 0.717) is 38.3 Å². The molecule has 28 heavy (non-hydrogen) atoms. The first kappa shape index (κ1) is 19.9. The number of methoxy groups -OCH3 is 1. The van der Waals surface area contributed by atoms with E-state index < -0.39 is 11.6 Å². The Labute approximate surface area is 163 Å². The van der Waals surface area contributed by atoms with Crippen LogP contribution in [0.3, 0.4) is 0 Å². The van der Waals surface area contributed by atoms with Gasteiger partial charge in [-0.05, 0) is 17.7 Å². The normalized spacial score (nSPS) is 15.6. The van der Waals surface area contributed by atoms with Crippen LogP contribution in [0.2, 0.25) is 0 Å². The van der Waals surface area contributed by atoms with E-state index in [9.17, 15) is 14.7 Å². The van der Waals surface area contributed by atoms with Crippen molar-refractivity contribution in [3.63, 3.8) is 0 Å². The summed E-state index contributed by atoms with van der Waals surface area (Å²) in [5.74, 6) is -1.20. The maximum Gasteiger partial charge on any atom is 0.339 e. The largest absolute Gasteiger partial charge is 0.496 e. The van der Waals surface area contributed by atoms with Gasteiger partial charge in [-0.1, -0.05) is 30.3 Å². The van der Waals surface area contributed by atoms with Crippen LogP contribution in [0.25, 0.3) is 0 Å². The Hall–Kier alpha value is -2.90. The van der Waals surface area contributed by atoms with Crippen molar-refractivity contribution in [2.75, 3.05) is 25.6 Å². The van der Waals surface area contributed by atoms with Crippen molar-refractivity contribution in [1.29, 1.82) is 0 Å². The number of carbonyl (C=O) groups excluding carboxylic acids is 1. The van der Waals surface area contributed by atoms with Crippen LogP contribution in [0.1, 0.15) is 28.8 Å². The molecule has 148 valence electrons. The smallest absolute Gasteiger partial charge is 0.339 e. The lowest BCUT2D eigenvalue weighted by Gasteiger charge is -2.35. The van der Waals surface area contributed by atoms with E-state index >= 15 is 0 Å². The highest BCUT2D eigenvalue weighted by Crippen LogP contribution is 2.30. The van der Waals surface area contributed by atoms with Gasteiger partial charge in [0.1, 0.15) is 11.3 Å². The van der Waals surface area contributed by atoms with Gasteiger partial charge in [0.15, 0.2) is 5.60 Å². The molecule has 7 heteroatoms. The van der Waals surface area contributed by atoms with Crippen LogP contribution in [-0.4, -0.2) is 42.9 Å². The van der Waals surface area contributed by atoms with Crippen LogP contribution >= 0.6 is 0 Å². The molecule has 0 aromatic heterocycles. The molecule has 2 aromatic carbocycles. The predicted molar refractivity (Wildman–Crippen MR) is 103 cm³/mol. The van der Waals surface area contributed by atoms with E-state index in [4.69, 9.17) is 14.2 Å². The first-order chi connectivity index (χ1) is 13.5. The van der Waals surface area contributed by atoms with Gasteiger partial charge in [0, 0.05) is 37.8 Å². The number of nitrogens with one attached hydrogen (secondary N) is 1. The second-order valence-corrected chi connectivity index (χ2v) is 6.56. The summed E-state index contributed by atoms with van der Waals surface area (Å²) in [5, 5.41) is 12.0. The summed E-state index contributed by atoms with van der Waals surface area (Å²) in [4.78, 5) is 24.3. The van der Waals surface area contributed by atoms with Gasteiger partial charge < -0.3 is 24.6 Å². The van der Waals surface area contributed by atoms with Crippen LogP contribution in [0.15, 0.2) is 48.5 Å². The van der Waals surface area contributed by atoms with E-state index in [1.807, 2.05) is 30.3 Å². The fraction of sp³-hybridized carbons (Fsp3) is 0.333. The molecule has 1 amide bonds. The van der Waals surface area contributed by atoms with Crippen LogP contribution < -0.4 is 10.1 Å². The number of aromatic carboxylic acids is 1. The molecule has 2 N–H and O–H groups in total. The van der Waals surface area contributed by atoms with Crippen molar-refractivity contribution in [2.45, 2.75) is 25.0 Å². The minimum absolute atomic E-state index is 0.0293. The number of amides is 1. The minimum atomic E-state index is -1.10. The molecule has 1 fully saturated rings. The third-order valence-corrected chi connectivity index (χ3v) is 4.76. The molecule has 0 aliphatic carbocycles. The molecule has 1 saturated heterocycles. The monoisotopic (exact) mass is 385 g/mol. The van der Waals surface area contributed by atoms with Gasteiger partial charge >= 0.3 is 5.97 Å². The highest BCUT2D eigenvalue weighted by Gasteiger charge is 2.41. The second-order valence-electron chi connectivity index (χ2n) is 6.56. The molecule has 0 spiro atoms. The van der Waals surface area contributed by atoms with E-state index in [1.54, 1.807) is 0 Å². The maximum atomic E-state index is 13.1. The van der Waals surface area contributed by atoms with Crippen molar-refractivity contribution in [3.8, 4) is 5.75 Å². The number of carbonyl (C=O) groups is 2. The molecular weight excluding hydrogens is 362 g/mol. The number of hydrogen-bond donors (Lipinski definition) is 2. The van der Waals surface area contributed by atoms with Gasteiger partial charge in [0.25, 0.3) is 5.91 Å². The summed E-state index contributed by atoms with van der Waals surface area (Å²) >= 11 is 0. The average molecular weight is 385 g/mol. The quantitative estimate of drug-likeness (QED) is 0.761. The van der Waals surface area contributed by atoms with Gasteiger partial charge in [-0.3, -0.25) is 4.79 Å². The fourth-order valence-corrected chi connectivity index (χ4v) is 3.12. The highest BCUT2D eigenvalue weighted by molar-refractivity contribution is 5.98. The highest BCUT2D eigenvalue weighted by atomic mass is 16.5. The fourth-order valence-electron chi connectivity index (χ4n) is 3.12. The van der Waals surface area contributed by atoms with Crippen molar-refractivity contribution in [1.82, 2.24) is 0 Å². The molecule has 0 radical (unpaired) electrons. The third-order valence-electron chi connectivity index (χ3n) is 4.76. The Morgan fingerprint density at radius 2 is 1.86 bits per heavy atom. The van der Waals surface area contributed by atoms with E-state index in [-0.39, 0.29) is 17.2 Å². The zero-order valence-electron chi connectivity index (χ0n) is 15.6. The first-order valence-corrected chi connectivity index (χ1v) is 9.02. The standard InChI is InChI=1S/C21H23NO6/c1-26-18-13-16(7-8-17(18)19(23)24)22-20(25)21(9-11-27-12-10-21)28-14-15-5-3-2-4-6-15/h2-8,13H,9-12,14H2,1H3,(H,22,25)(H,23,24). The number of anilines is 1. The molecule has 1 aliphatic rings.